The standard InChI is InChI=1S/C20H26N2O3S/c1-4-22(26(3,24)25)19-12-10-18(11-13-19)20(23)21-14-6-9-17-8-5-7-16(2)15-17/h5,7-8,10-13,15H,4,6,9,14H2,1-3H3,(H,21,23). The molecule has 0 aliphatic carbocycles. The first-order valence-corrected chi connectivity index (χ1v) is 10.6. The molecule has 140 valence electrons. The minimum Gasteiger partial charge on any atom is -0.352 e. The normalized spacial score (nSPS) is 11.2. The van der Waals surface area contributed by atoms with Gasteiger partial charge in [-0.2, -0.15) is 0 Å². The van der Waals surface area contributed by atoms with E-state index in [-0.39, 0.29) is 5.91 Å². The fraction of sp³-hybridized carbons (Fsp3) is 0.350. The SMILES string of the molecule is CCN(c1ccc(C(=O)NCCCc2cccc(C)c2)cc1)S(C)(=O)=O. The van der Waals surface area contributed by atoms with Crippen molar-refractivity contribution in [3.05, 3.63) is 65.2 Å². The molecule has 5 nitrogen and oxygen atoms in total. The van der Waals surface area contributed by atoms with Crippen molar-refractivity contribution in [1.82, 2.24) is 5.32 Å². The van der Waals surface area contributed by atoms with E-state index in [2.05, 4.69) is 30.4 Å². The van der Waals surface area contributed by atoms with Crippen molar-refractivity contribution in [1.29, 1.82) is 0 Å². The molecule has 1 amide bonds. The maximum absolute atomic E-state index is 12.2. The molecule has 2 aromatic rings. The van der Waals surface area contributed by atoms with Crippen LogP contribution < -0.4 is 9.62 Å². The molecule has 0 atom stereocenters. The van der Waals surface area contributed by atoms with Crippen LogP contribution in [0.5, 0.6) is 0 Å². The number of anilines is 1. The van der Waals surface area contributed by atoms with Crippen molar-refractivity contribution in [2.24, 2.45) is 0 Å². The maximum atomic E-state index is 12.2. The number of benzene rings is 2. The minimum absolute atomic E-state index is 0.150. The smallest absolute Gasteiger partial charge is 0.251 e. The van der Waals surface area contributed by atoms with Crippen LogP contribution in [0.1, 0.15) is 34.8 Å². The summed E-state index contributed by atoms with van der Waals surface area (Å²) in [6, 6.07) is 15.0. The highest BCUT2D eigenvalue weighted by molar-refractivity contribution is 7.92. The maximum Gasteiger partial charge on any atom is 0.251 e. The summed E-state index contributed by atoms with van der Waals surface area (Å²) in [5, 5.41) is 2.91. The van der Waals surface area contributed by atoms with Gasteiger partial charge in [0, 0.05) is 18.7 Å². The Morgan fingerprint density at radius 3 is 2.38 bits per heavy atom. The molecule has 0 saturated carbocycles. The first-order valence-electron chi connectivity index (χ1n) is 8.73. The first kappa shape index (κ1) is 20.0. The van der Waals surface area contributed by atoms with Crippen LogP contribution in [0.15, 0.2) is 48.5 Å². The predicted molar refractivity (Wildman–Crippen MR) is 106 cm³/mol. The lowest BCUT2D eigenvalue weighted by atomic mass is 10.1. The molecule has 6 heteroatoms. The summed E-state index contributed by atoms with van der Waals surface area (Å²) in [4.78, 5) is 12.2. The number of amides is 1. The van der Waals surface area contributed by atoms with E-state index in [0.29, 0.717) is 24.3 Å². The van der Waals surface area contributed by atoms with E-state index in [1.54, 1.807) is 31.2 Å². The van der Waals surface area contributed by atoms with Crippen LogP contribution in [0, 0.1) is 6.92 Å². The summed E-state index contributed by atoms with van der Waals surface area (Å²) in [7, 11) is -3.32. The number of carbonyl (C=O) groups excluding carboxylic acids is 1. The monoisotopic (exact) mass is 374 g/mol. The van der Waals surface area contributed by atoms with Crippen LogP contribution in [0.3, 0.4) is 0 Å². The van der Waals surface area contributed by atoms with Gasteiger partial charge in [0.2, 0.25) is 10.0 Å². The molecule has 0 spiro atoms. The number of nitrogens with one attached hydrogen (secondary N) is 1. The molecule has 2 rings (SSSR count). The van der Waals surface area contributed by atoms with Crippen molar-refractivity contribution in [3.8, 4) is 0 Å². The van der Waals surface area contributed by atoms with Gasteiger partial charge in [0.15, 0.2) is 0 Å². The van der Waals surface area contributed by atoms with Gasteiger partial charge in [-0.3, -0.25) is 9.10 Å². The molecular weight excluding hydrogens is 348 g/mol. The van der Waals surface area contributed by atoms with E-state index in [9.17, 15) is 13.2 Å². The highest BCUT2D eigenvalue weighted by atomic mass is 32.2. The zero-order chi connectivity index (χ0) is 19.2. The van der Waals surface area contributed by atoms with Gasteiger partial charge in [-0.25, -0.2) is 8.42 Å². The second kappa shape index (κ2) is 8.85. The Bertz CT molecular complexity index is 846. The molecule has 0 aliphatic rings. The lowest BCUT2D eigenvalue weighted by molar-refractivity contribution is 0.0953. The second-order valence-corrected chi connectivity index (χ2v) is 8.23. The van der Waals surface area contributed by atoms with E-state index < -0.39 is 10.0 Å². The third-order valence-corrected chi connectivity index (χ3v) is 5.38. The van der Waals surface area contributed by atoms with Gasteiger partial charge in [-0.05, 0) is 56.5 Å². The van der Waals surface area contributed by atoms with Gasteiger partial charge in [0.25, 0.3) is 5.91 Å². The summed E-state index contributed by atoms with van der Waals surface area (Å²) in [6.07, 6.45) is 2.96. The molecule has 0 unspecified atom stereocenters. The van der Waals surface area contributed by atoms with Crippen LogP contribution >= 0.6 is 0 Å². The highest BCUT2D eigenvalue weighted by Crippen LogP contribution is 2.18. The molecule has 0 heterocycles. The Labute approximate surface area is 156 Å². The average Bonchev–Trinajstić information content (AvgIpc) is 2.58. The summed E-state index contributed by atoms with van der Waals surface area (Å²) >= 11 is 0. The summed E-state index contributed by atoms with van der Waals surface area (Å²) in [5.74, 6) is -0.150. The lowest BCUT2D eigenvalue weighted by Crippen LogP contribution is -2.29. The molecule has 0 bridgehead atoms. The summed E-state index contributed by atoms with van der Waals surface area (Å²) in [6.45, 7) is 4.79. The fourth-order valence-electron chi connectivity index (χ4n) is 2.85. The molecule has 1 N–H and O–H groups in total. The van der Waals surface area contributed by atoms with Crippen LogP contribution in [0.4, 0.5) is 5.69 Å². The minimum atomic E-state index is -3.32. The predicted octanol–water partition coefficient (Wildman–Crippen LogP) is 3.14. The molecule has 0 aliphatic heterocycles. The number of aryl methyl sites for hydroxylation is 2. The van der Waals surface area contributed by atoms with Gasteiger partial charge in [0.05, 0.1) is 11.9 Å². The molecule has 0 saturated heterocycles. The zero-order valence-electron chi connectivity index (χ0n) is 15.5. The van der Waals surface area contributed by atoms with Crippen molar-refractivity contribution in [2.45, 2.75) is 26.7 Å². The fourth-order valence-corrected chi connectivity index (χ4v) is 3.83. The van der Waals surface area contributed by atoms with Crippen LogP contribution in [0.2, 0.25) is 0 Å². The Morgan fingerprint density at radius 2 is 1.81 bits per heavy atom. The second-order valence-electron chi connectivity index (χ2n) is 6.32. The van der Waals surface area contributed by atoms with E-state index in [1.807, 2.05) is 6.07 Å². The Kier molecular flexibility index (Phi) is 6.80. The lowest BCUT2D eigenvalue weighted by Gasteiger charge is -2.20. The quantitative estimate of drug-likeness (QED) is 0.722. The molecule has 0 fully saturated rings. The average molecular weight is 375 g/mol. The van der Waals surface area contributed by atoms with E-state index >= 15 is 0 Å². The van der Waals surface area contributed by atoms with Gasteiger partial charge in [0.1, 0.15) is 0 Å². The van der Waals surface area contributed by atoms with Crippen LogP contribution in [-0.2, 0) is 16.4 Å². The third kappa shape index (κ3) is 5.59. The zero-order valence-corrected chi connectivity index (χ0v) is 16.3. The van der Waals surface area contributed by atoms with Crippen molar-refractivity contribution >= 4 is 21.6 Å². The van der Waals surface area contributed by atoms with Crippen LogP contribution in [-0.4, -0.2) is 33.7 Å². The number of rotatable bonds is 8. The largest absolute Gasteiger partial charge is 0.352 e. The van der Waals surface area contributed by atoms with Gasteiger partial charge in [-0.15, -0.1) is 0 Å². The van der Waals surface area contributed by atoms with E-state index in [0.717, 1.165) is 12.8 Å². The molecule has 0 radical (unpaired) electrons. The summed E-state index contributed by atoms with van der Waals surface area (Å²) in [5.41, 5.74) is 3.59. The van der Waals surface area contributed by atoms with Crippen LogP contribution in [0.25, 0.3) is 0 Å². The van der Waals surface area contributed by atoms with Gasteiger partial charge >= 0.3 is 0 Å². The number of sulfonamides is 1. The summed E-state index contributed by atoms with van der Waals surface area (Å²) < 4.78 is 24.8. The third-order valence-electron chi connectivity index (χ3n) is 4.12. The Balaban J connectivity index is 1.88. The topological polar surface area (TPSA) is 66.5 Å². The molecule has 2 aromatic carbocycles. The molecular formula is C20H26N2O3S. The first-order chi connectivity index (χ1) is 12.3. The number of hydrogen-bond donors (Lipinski definition) is 1. The van der Waals surface area contributed by atoms with E-state index in [4.69, 9.17) is 0 Å². The number of nitrogens with zero attached hydrogens (tertiary/aromatic N) is 1. The number of carbonyl (C=O) groups is 1. The van der Waals surface area contributed by atoms with Crippen molar-refractivity contribution in [3.63, 3.8) is 0 Å². The van der Waals surface area contributed by atoms with Gasteiger partial charge in [-0.1, -0.05) is 29.8 Å². The number of hydrogen-bond acceptors (Lipinski definition) is 3. The van der Waals surface area contributed by atoms with Crippen molar-refractivity contribution in [2.75, 3.05) is 23.7 Å². The van der Waals surface area contributed by atoms with Gasteiger partial charge < -0.3 is 5.32 Å². The molecule has 26 heavy (non-hydrogen) atoms. The Hall–Kier alpha value is -2.34. The van der Waals surface area contributed by atoms with E-state index in [1.165, 1.54) is 21.7 Å². The van der Waals surface area contributed by atoms with Crippen molar-refractivity contribution < 1.29 is 13.2 Å². The highest BCUT2D eigenvalue weighted by Gasteiger charge is 2.15. The molecule has 0 aromatic heterocycles. The Morgan fingerprint density at radius 1 is 1.12 bits per heavy atom.